The number of unbranched alkanes of at least 4 members (excludes halogenated alkanes) is 2. The standard InChI is InChI=1S/C37H44N4O12/c1-5-10-24-14-26(22-42)38(20-24)36(44)28-16-32(50-3)34(18-30(28)40(46)47)52-12-8-7-9-13-53-35-19-31(41(48)49)29(17-33(35)51-4)37(45)39-21-25(11-6-2)15-27(39)23-43/h5-6,10-11,16-21,26-27,42-43H,7-9,12-15,22-23H2,1-4H3/b10-5+,11-6+. The average Bonchev–Trinajstić information content (AvgIpc) is 3.77. The largest absolute Gasteiger partial charge is 0.493 e. The quantitative estimate of drug-likeness (QED) is 0.111. The summed E-state index contributed by atoms with van der Waals surface area (Å²) in [5.74, 6) is -0.891. The molecule has 16 nitrogen and oxygen atoms in total. The number of aliphatic hydroxyl groups excluding tert-OH is 2. The lowest BCUT2D eigenvalue weighted by Crippen LogP contribution is -2.35. The fraction of sp³-hybridized carbons (Fsp3) is 0.405. The fourth-order valence-electron chi connectivity index (χ4n) is 6.13. The minimum absolute atomic E-state index is 0.0803. The highest BCUT2D eigenvalue weighted by atomic mass is 16.6. The van der Waals surface area contributed by atoms with E-state index in [1.807, 2.05) is 13.8 Å². The van der Waals surface area contributed by atoms with Gasteiger partial charge >= 0.3 is 0 Å². The molecule has 2 atom stereocenters. The van der Waals surface area contributed by atoms with Crippen molar-refractivity contribution in [3.63, 3.8) is 0 Å². The highest BCUT2D eigenvalue weighted by Gasteiger charge is 2.35. The number of hydrogen-bond acceptors (Lipinski definition) is 12. The number of hydrogen-bond donors (Lipinski definition) is 2. The summed E-state index contributed by atoms with van der Waals surface area (Å²) in [5, 5.41) is 43.7. The molecule has 2 aromatic carbocycles. The summed E-state index contributed by atoms with van der Waals surface area (Å²) in [6.07, 6.45) is 12.8. The summed E-state index contributed by atoms with van der Waals surface area (Å²) < 4.78 is 22.4. The molecule has 0 aliphatic carbocycles. The van der Waals surface area contributed by atoms with Crippen molar-refractivity contribution < 1.29 is 48.6 Å². The predicted molar refractivity (Wildman–Crippen MR) is 193 cm³/mol. The normalized spacial score (nSPS) is 16.9. The molecule has 2 N–H and O–H groups in total. The van der Waals surface area contributed by atoms with Crippen LogP contribution in [0.3, 0.4) is 0 Å². The van der Waals surface area contributed by atoms with Crippen molar-refractivity contribution in [3.8, 4) is 23.0 Å². The van der Waals surface area contributed by atoms with Gasteiger partial charge in [0.25, 0.3) is 23.2 Å². The molecule has 2 heterocycles. The van der Waals surface area contributed by atoms with Gasteiger partial charge in [-0.2, -0.15) is 0 Å². The van der Waals surface area contributed by atoms with E-state index in [1.54, 1.807) is 36.7 Å². The Morgan fingerprint density at radius 2 is 1.11 bits per heavy atom. The molecule has 2 aromatic rings. The predicted octanol–water partition coefficient (Wildman–Crippen LogP) is 5.48. The van der Waals surface area contributed by atoms with Crippen molar-refractivity contribution in [3.05, 3.63) is 103 Å². The molecule has 2 amide bonds. The SMILES string of the molecule is C/C=C/C1=CN(C(=O)c2cc(OC)c(OCCCCCOc3cc([N+](=O)[O-])c(C(=O)N4C=C(/C=C/C)CC4CO)cc3OC)cc2[N+](=O)[O-])C(CO)C1. The second-order valence-corrected chi connectivity index (χ2v) is 12.2. The van der Waals surface area contributed by atoms with Gasteiger partial charge in [0.05, 0.1) is 74.7 Å². The maximum absolute atomic E-state index is 13.4. The molecule has 0 saturated heterocycles. The zero-order valence-corrected chi connectivity index (χ0v) is 30.1. The summed E-state index contributed by atoms with van der Waals surface area (Å²) in [5.41, 5.74) is 0.253. The minimum Gasteiger partial charge on any atom is -0.493 e. The maximum Gasteiger partial charge on any atom is 0.286 e. The van der Waals surface area contributed by atoms with Crippen LogP contribution in [0.2, 0.25) is 0 Å². The summed E-state index contributed by atoms with van der Waals surface area (Å²) in [7, 11) is 2.71. The van der Waals surface area contributed by atoms with Crippen LogP contribution in [-0.2, 0) is 0 Å². The van der Waals surface area contributed by atoms with Crippen LogP contribution in [0.5, 0.6) is 23.0 Å². The first-order valence-corrected chi connectivity index (χ1v) is 17.0. The molecule has 53 heavy (non-hydrogen) atoms. The first kappa shape index (κ1) is 40.0. The van der Waals surface area contributed by atoms with Crippen molar-refractivity contribution >= 4 is 23.2 Å². The van der Waals surface area contributed by atoms with Crippen LogP contribution in [-0.4, -0.2) is 94.4 Å². The van der Waals surface area contributed by atoms with E-state index in [0.717, 1.165) is 23.3 Å². The third-order valence-corrected chi connectivity index (χ3v) is 8.71. The summed E-state index contributed by atoms with van der Waals surface area (Å²) in [6.45, 7) is 3.31. The Bertz CT molecular complexity index is 1690. The maximum atomic E-state index is 13.4. The second-order valence-electron chi connectivity index (χ2n) is 12.2. The van der Waals surface area contributed by atoms with Crippen molar-refractivity contribution in [2.75, 3.05) is 40.6 Å². The van der Waals surface area contributed by atoms with E-state index < -0.39 is 45.1 Å². The molecule has 2 aliphatic rings. The Morgan fingerprint density at radius 3 is 1.43 bits per heavy atom. The third-order valence-electron chi connectivity index (χ3n) is 8.71. The minimum atomic E-state index is -0.672. The van der Waals surface area contributed by atoms with E-state index >= 15 is 0 Å². The molecule has 4 rings (SSSR count). The number of carbonyl (C=O) groups excluding carboxylic acids is 2. The molecule has 0 aromatic heterocycles. The number of amides is 2. The molecule has 2 unspecified atom stereocenters. The van der Waals surface area contributed by atoms with Gasteiger partial charge in [0, 0.05) is 24.5 Å². The van der Waals surface area contributed by atoms with Crippen molar-refractivity contribution in [2.24, 2.45) is 0 Å². The Balaban J connectivity index is 1.38. The lowest BCUT2D eigenvalue weighted by Gasteiger charge is -2.22. The van der Waals surface area contributed by atoms with Crippen molar-refractivity contribution in [1.82, 2.24) is 9.80 Å². The van der Waals surface area contributed by atoms with E-state index in [-0.39, 0.29) is 60.6 Å². The second kappa shape index (κ2) is 18.7. The molecule has 0 spiro atoms. The number of benzene rings is 2. The lowest BCUT2D eigenvalue weighted by atomic mass is 10.1. The first-order valence-electron chi connectivity index (χ1n) is 17.0. The average molecular weight is 737 g/mol. The summed E-state index contributed by atoms with van der Waals surface area (Å²) in [4.78, 5) is 52.2. The van der Waals surface area contributed by atoms with Gasteiger partial charge in [-0.1, -0.05) is 24.3 Å². The highest BCUT2D eigenvalue weighted by Crippen LogP contribution is 2.38. The molecule has 0 radical (unpaired) electrons. The van der Waals surface area contributed by atoms with Crippen LogP contribution in [0.25, 0.3) is 0 Å². The Hall–Kier alpha value is -5.74. The molecule has 0 bridgehead atoms. The Labute approximate surface area is 306 Å². The molecule has 284 valence electrons. The van der Waals surface area contributed by atoms with Crippen LogP contribution < -0.4 is 18.9 Å². The molecular formula is C37H44N4O12. The van der Waals surface area contributed by atoms with E-state index in [4.69, 9.17) is 18.9 Å². The van der Waals surface area contributed by atoms with Crippen LogP contribution >= 0.6 is 0 Å². The summed E-state index contributed by atoms with van der Waals surface area (Å²) >= 11 is 0. The van der Waals surface area contributed by atoms with Crippen LogP contribution in [0.1, 0.15) is 66.7 Å². The van der Waals surface area contributed by atoms with Gasteiger partial charge in [0.2, 0.25) is 0 Å². The first-order chi connectivity index (χ1) is 25.5. The van der Waals surface area contributed by atoms with Gasteiger partial charge in [-0.05, 0) is 57.1 Å². The van der Waals surface area contributed by atoms with Crippen LogP contribution in [0, 0.1) is 20.2 Å². The Kier molecular flexibility index (Phi) is 14.1. The number of allylic oxidation sites excluding steroid dienone is 4. The third kappa shape index (κ3) is 9.39. The number of nitro groups is 2. The van der Waals surface area contributed by atoms with Gasteiger partial charge in [0.1, 0.15) is 11.1 Å². The molecular weight excluding hydrogens is 692 g/mol. The van der Waals surface area contributed by atoms with Gasteiger partial charge < -0.3 is 39.0 Å². The number of carbonyl (C=O) groups is 2. The number of nitro benzene ring substituents is 2. The van der Waals surface area contributed by atoms with Gasteiger partial charge in [-0.15, -0.1) is 0 Å². The highest BCUT2D eigenvalue weighted by molar-refractivity contribution is 6.01. The zero-order valence-electron chi connectivity index (χ0n) is 30.1. The van der Waals surface area contributed by atoms with E-state index in [1.165, 1.54) is 36.2 Å². The van der Waals surface area contributed by atoms with Gasteiger partial charge in [0.15, 0.2) is 23.0 Å². The van der Waals surface area contributed by atoms with Crippen LogP contribution in [0.4, 0.5) is 11.4 Å². The number of nitrogens with zero attached hydrogens (tertiary/aromatic N) is 4. The summed E-state index contributed by atoms with van der Waals surface area (Å²) in [6, 6.07) is 3.70. The molecule has 0 fully saturated rings. The number of methoxy groups -OCH3 is 2. The lowest BCUT2D eigenvalue weighted by molar-refractivity contribution is -0.385. The monoisotopic (exact) mass is 736 g/mol. The van der Waals surface area contributed by atoms with Crippen molar-refractivity contribution in [1.29, 1.82) is 0 Å². The van der Waals surface area contributed by atoms with E-state index in [0.29, 0.717) is 32.1 Å². The van der Waals surface area contributed by atoms with Gasteiger partial charge in [-0.3, -0.25) is 29.8 Å². The number of rotatable bonds is 18. The van der Waals surface area contributed by atoms with Crippen LogP contribution in [0.15, 0.2) is 72.1 Å². The molecule has 2 aliphatic heterocycles. The van der Waals surface area contributed by atoms with Gasteiger partial charge in [-0.25, -0.2) is 0 Å². The topological polar surface area (TPSA) is 204 Å². The zero-order chi connectivity index (χ0) is 38.7. The smallest absolute Gasteiger partial charge is 0.286 e. The van der Waals surface area contributed by atoms with E-state index in [9.17, 15) is 40.0 Å². The number of ether oxygens (including phenoxy) is 4. The van der Waals surface area contributed by atoms with E-state index in [2.05, 4.69) is 0 Å². The molecule has 16 heteroatoms. The Morgan fingerprint density at radius 1 is 0.717 bits per heavy atom. The number of aliphatic hydroxyl groups is 2. The fourth-order valence-corrected chi connectivity index (χ4v) is 6.13. The van der Waals surface area contributed by atoms with Crippen molar-refractivity contribution in [2.45, 2.75) is 58.0 Å². The molecule has 0 saturated carbocycles.